The number of benzene rings is 2. The minimum absolute atomic E-state index is 0.367. The van der Waals surface area contributed by atoms with Crippen LogP contribution in [0.25, 0.3) is 0 Å². The molecule has 32 heavy (non-hydrogen) atoms. The van der Waals surface area contributed by atoms with Crippen LogP contribution in [0.1, 0.15) is 22.5 Å². The highest BCUT2D eigenvalue weighted by molar-refractivity contribution is 7.89. The van der Waals surface area contributed by atoms with Crippen LogP contribution in [0.4, 0.5) is 0 Å². The lowest BCUT2D eigenvalue weighted by molar-refractivity contribution is 0.144. The summed E-state index contributed by atoms with van der Waals surface area (Å²) in [4.78, 5) is 2.56. The van der Waals surface area contributed by atoms with Gasteiger partial charge in [0.2, 0.25) is 10.0 Å². The van der Waals surface area contributed by atoms with Crippen molar-refractivity contribution in [2.24, 2.45) is 0 Å². The largest absolute Gasteiger partial charge is 0.300 e. The number of hydrogen-bond acceptors (Lipinski definition) is 5. The van der Waals surface area contributed by atoms with Gasteiger partial charge in [-0.3, -0.25) is 9.47 Å². The van der Waals surface area contributed by atoms with E-state index in [0.29, 0.717) is 49.1 Å². The van der Waals surface area contributed by atoms with Crippen LogP contribution >= 0.6 is 12.2 Å². The van der Waals surface area contributed by atoms with Gasteiger partial charge in [-0.05, 0) is 61.8 Å². The average Bonchev–Trinajstić information content (AvgIpc) is 3.04. The van der Waals surface area contributed by atoms with E-state index in [4.69, 9.17) is 12.2 Å². The lowest BCUT2D eigenvalue weighted by atomic mass is 10.1. The van der Waals surface area contributed by atoms with Crippen LogP contribution in [0.5, 0.6) is 0 Å². The summed E-state index contributed by atoms with van der Waals surface area (Å²) in [5.74, 6) is 0.870. The van der Waals surface area contributed by atoms with E-state index in [2.05, 4.69) is 22.1 Å². The molecule has 0 N–H and O–H groups in total. The van der Waals surface area contributed by atoms with Crippen LogP contribution in [0.15, 0.2) is 53.4 Å². The summed E-state index contributed by atoms with van der Waals surface area (Å²) in [6.07, 6.45) is 0. The van der Waals surface area contributed by atoms with Crippen molar-refractivity contribution in [2.75, 3.05) is 26.2 Å². The molecule has 1 aliphatic heterocycles. The summed E-state index contributed by atoms with van der Waals surface area (Å²) in [5, 5.41) is 4.64. The predicted octanol–water partition coefficient (Wildman–Crippen LogP) is 3.35. The number of aryl methyl sites for hydroxylation is 3. The number of rotatable bonds is 6. The molecule has 4 rings (SSSR count). The predicted molar refractivity (Wildman–Crippen MR) is 128 cm³/mol. The van der Waals surface area contributed by atoms with Crippen LogP contribution < -0.4 is 0 Å². The summed E-state index contributed by atoms with van der Waals surface area (Å²) in [7, 11) is -3.48. The van der Waals surface area contributed by atoms with E-state index in [-0.39, 0.29) is 0 Å². The third kappa shape index (κ3) is 4.71. The van der Waals surface area contributed by atoms with E-state index in [9.17, 15) is 8.42 Å². The highest BCUT2D eigenvalue weighted by Gasteiger charge is 2.29. The molecule has 9 heteroatoms. The first-order chi connectivity index (χ1) is 15.3. The van der Waals surface area contributed by atoms with Crippen molar-refractivity contribution in [1.29, 1.82) is 0 Å². The van der Waals surface area contributed by atoms with Gasteiger partial charge in [0, 0.05) is 26.2 Å². The Bertz CT molecular complexity index is 1260. The van der Waals surface area contributed by atoms with Crippen LogP contribution in [0.3, 0.4) is 0 Å². The third-order valence-electron chi connectivity index (χ3n) is 6.07. The smallest absolute Gasteiger partial charge is 0.243 e. The van der Waals surface area contributed by atoms with Gasteiger partial charge in [-0.25, -0.2) is 13.1 Å². The highest BCUT2D eigenvalue weighted by Crippen LogP contribution is 2.20. The second-order valence-electron chi connectivity index (χ2n) is 8.31. The maximum absolute atomic E-state index is 13.1. The minimum atomic E-state index is -3.48. The fraction of sp³-hybridized carbons (Fsp3) is 0.391. The standard InChI is InChI=1S/C23H29N5O2S2/c1-18-9-10-22(15-19(18)2)32(29,30)26-13-11-25(12-14-26)17-28-23(31)27(20(3)24-28)16-21-7-5-4-6-8-21/h4-10,15H,11-14,16-17H2,1-3H3. The van der Waals surface area contributed by atoms with Crippen molar-refractivity contribution in [3.8, 4) is 0 Å². The molecular weight excluding hydrogens is 442 g/mol. The molecule has 0 amide bonds. The van der Waals surface area contributed by atoms with Gasteiger partial charge in [-0.1, -0.05) is 36.4 Å². The number of aromatic nitrogens is 3. The molecular formula is C23H29N5O2S2. The van der Waals surface area contributed by atoms with E-state index >= 15 is 0 Å². The summed E-state index contributed by atoms with van der Waals surface area (Å²) in [6.45, 7) is 9.30. The Morgan fingerprint density at radius 1 is 0.938 bits per heavy atom. The maximum atomic E-state index is 13.1. The number of piperazine rings is 1. The van der Waals surface area contributed by atoms with Crippen LogP contribution in [-0.4, -0.2) is 58.1 Å². The van der Waals surface area contributed by atoms with Gasteiger partial charge >= 0.3 is 0 Å². The van der Waals surface area contributed by atoms with E-state index in [0.717, 1.165) is 17.0 Å². The van der Waals surface area contributed by atoms with Gasteiger partial charge in [0.15, 0.2) is 4.77 Å². The number of sulfonamides is 1. The number of hydrogen-bond donors (Lipinski definition) is 0. The van der Waals surface area contributed by atoms with E-state index in [1.54, 1.807) is 16.4 Å². The molecule has 2 aromatic carbocycles. The zero-order valence-electron chi connectivity index (χ0n) is 18.7. The molecule has 0 aliphatic carbocycles. The zero-order valence-corrected chi connectivity index (χ0v) is 20.4. The van der Waals surface area contributed by atoms with Crippen LogP contribution in [0.2, 0.25) is 0 Å². The summed E-state index contributed by atoms with van der Waals surface area (Å²) in [5.41, 5.74) is 3.25. The summed E-state index contributed by atoms with van der Waals surface area (Å²) in [6, 6.07) is 15.5. The van der Waals surface area contributed by atoms with Crippen LogP contribution in [0, 0.1) is 25.5 Å². The molecule has 0 atom stereocenters. The summed E-state index contributed by atoms with van der Waals surface area (Å²) >= 11 is 5.68. The molecule has 1 aromatic heterocycles. The third-order valence-corrected chi connectivity index (χ3v) is 8.40. The normalized spacial score (nSPS) is 15.8. The fourth-order valence-corrected chi connectivity index (χ4v) is 5.72. The van der Waals surface area contributed by atoms with Gasteiger partial charge < -0.3 is 0 Å². The SMILES string of the molecule is Cc1ccc(S(=O)(=O)N2CCN(Cn3nc(C)n(Cc4ccccc4)c3=S)CC2)cc1C. The van der Waals surface area contributed by atoms with Crippen LogP contribution in [-0.2, 0) is 23.2 Å². The Morgan fingerprint density at radius 2 is 1.62 bits per heavy atom. The fourth-order valence-electron chi connectivity index (χ4n) is 3.91. The van der Waals surface area contributed by atoms with Crippen molar-refractivity contribution in [2.45, 2.75) is 38.9 Å². The monoisotopic (exact) mass is 471 g/mol. The van der Waals surface area contributed by atoms with Gasteiger partial charge in [0.1, 0.15) is 5.82 Å². The first-order valence-corrected chi connectivity index (χ1v) is 12.6. The zero-order chi connectivity index (χ0) is 22.9. The minimum Gasteiger partial charge on any atom is -0.300 e. The lowest BCUT2D eigenvalue weighted by Gasteiger charge is -2.33. The van der Waals surface area contributed by atoms with Crippen molar-refractivity contribution in [1.82, 2.24) is 23.6 Å². The van der Waals surface area contributed by atoms with Crippen molar-refractivity contribution >= 4 is 22.2 Å². The van der Waals surface area contributed by atoms with Gasteiger partial charge in [-0.15, -0.1) is 0 Å². The molecule has 0 unspecified atom stereocenters. The Labute approximate surface area is 195 Å². The molecule has 170 valence electrons. The summed E-state index contributed by atoms with van der Waals surface area (Å²) < 4.78 is 32.2. The van der Waals surface area contributed by atoms with Crippen molar-refractivity contribution in [3.63, 3.8) is 0 Å². The second kappa shape index (κ2) is 9.27. The Kier molecular flexibility index (Phi) is 6.62. The molecule has 0 spiro atoms. The number of nitrogens with zero attached hydrogens (tertiary/aromatic N) is 5. The first-order valence-electron chi connectivity index (χ1n) is 10.7. The Morgan fingerprint density at radius 3 is 2.28 bits per heavy atom. The van der Waals surface area contributed by atoms with E-state index < -0.39 is 10.0 Å². The maximum Gasteiger partial charge on any atom is 0.243 e. The molecule has 3 aromatic rings. The van der Waals surface area contributed by atoms with Crippen molar-refractivity contribution < 1.29 is 8.42 Å². The molecule has 0 radical (unpaired) electrons. The highest BCUT2D eigenvalue weighted by atomic mass is 32.2. The quantitative estimate of drug-likeness (QED) is 0.516. The van der Waals surface area contributed by atoms with Crippen molar-refractivity contribution in [3.05, 3.63) is 75.8 Å². The average molecular weight is 472 g/mol. The Balaban J connectivity index is 1.42. The van der Waals surface area contributed by atoms with E-state index in [1.807, 2.05) is 54.3 Å². The Hall–Kier alpha value is -2.33. The molecule has 2 heterocycles. The van der Waals surface area contributed by atoms with Gasteiger partial charge in [-0.2, -0.15) is 9.40 Å². The molecule has 1 fully saturated rings. The second-order valence-corrected chi connectivity index (χ2v) is 10.6. The van der Waals surface area contributed by atoms with E-state index in [1.165, 1.54) is 5.56 Å². The topological polar surface area (TPSA) is 63.4 Å². The molecule has 1 saturated heterocycles. The molecule has 0 bridgehead atoms. The lowest BCUT2D eigenvalue weighted by Crippen LogP contribution is -2.49. The molecule has 1 aliphatic rings. The first kappa shape index (κ1) is 22.8. The molecule has 7 nitrogen and oxygen atoms in total. The molecule has 0 saturated carbocycles. The van der Waals surface area contributed by atoms with Gasteiger partial charge in [0.05, 0.1) is 18.1 Å². The van der Waals surface area contributed by atoms with Gasteiger partial charge in [0.25, 0.3) is 0 Å².